The van der Waals surface area contributed by atoms with E-state index in [-0.39, 0.29) is 0 Å². The summed E-state index contributed by atoms with van der Waals surface area (Å²) in [6, 6.07) is 75.8. The van der Waals surface area contributed by atoms with Crippen molar-refractivity contribution >= 4 is 65.7 Å². The summed E-state index contributed by atoms with van der Waals surface area (Å²) in [6.45, 7) is 0. The molecule has 1 heteroatoms. The zero-order valence-corrected chi connectivity index (χ0v) is 31.6. The molecular weight excluding hydrogens is 687 g/mol. The first-order valence-corrected chi connectivity index (χ1v) is 20.0. The molecule has 268 valence electrons. The molecule has 0 saturated heterocycles. The first-order valence-electron chi connectivity index (χ1n) is 20.0. The monoisotopic (exact) mass is 725 g/mol. The van der Waals surface area contributed by atoms with Crippen molar-refractivity contribution in [2.75, 3.05) is 4.90 Å². The lowest BCUT2D eigenvalue weighted by atomic mass is 9.82. The van der Waals surface area contributed by atoms with Gasteiger partial charge in [-0.3, -0.25) is 0 Å². The Balaban J connectivity index is 1.04. The minimum absolute atomic E-state index is 1.06. The lowest BCUT2D eigenvalue weighted by Gasteiger charge is -2.26. The van der Waals surface area contributed by atoms with Gasteiger partial charge in [0.2, 0.25) is 0 Å². The van der Waals surface area contributed by atoms with E-state index in [0.717, 1.165) is 29.9 Å². The summed E-state index contributed by atoms with van der Waals surface area (Å²) in [5.41, 5.74) is 13.7. The van der Waals surface area contributed by atoms with Crippen molar-refractivity contribution in [2.45, 2.75) is 12.8 Å². The van der Waals surface area contributed by atoms with E-state index in [1.54, 1.807) is 0 Å². The molecule has 1 nitrogen and oxygen atoms in total. The molecule has 57 heavy (non-hydrogen) atoms. The molecule has 0 amide bonds. The summed E-state index contributed by atoms with van der Waals surface area (Å²) < 4.78 is 0. The normalized spacial score (nSPS) is 12.5. The van der Waals surface area contributed by atoms with Gasteiger partial charge in [-0.2, -0.15) is 0 Å². The Kier molecular flexibility index (Phi) is 8.03. The Morgan fingerprint density at radius 2 is 0.877 bits per heavy atom. The van der Waals surface area contributed by atoms with Crippen molar-refractivity contribution < 1.29 is 0 Å². The maximum absolute atomic E-state index is 2.46. The first kappa shape index (κ1) is 33.1. The van der Waals surface area contributed by atoms with E-state index in [0.29, 0.717) is 0 Å². The fourth-order valence-electron chi connectivity index (χ4n) is 9.18. The molecule has 0 atom stereocenters. The number of fused-ring (bicyclic) bond motifs is 7. The minimum atomic E-state index is 1.06. The van der Waals surface area contributed by atoms with Gasteiger partial charge in [0.05, 0.1) is 0 Å². The maximum atomic E-state index is 2.46. The van der Waals surface area contributed by atoms with Crippen LogP contribution in [-0.4, -0.2) is 0 Å². The second-order valence-electron chi connectivity index (χ2n) is 15.2. The van der Waals surface area contributed by atoms with Gasteiger partial charge in [0.15, 0.2) is 0 Å². The average molecular weight is 726 g/mol. The highest BCUT2D eigenvalue weighted by Gasteiger charge is 2.20. The molecule has 0 aromatic heterocycles. The second kappa shape index (κ2) is 13.8. The first-order chi connectivity index (χ1) is 28.3. The van der Waals surface area contributed by atoms with Crippen LogP contribution < -0.4 is 4.90 Å². The molecule has 0 unspecified atom stereocenters. The molecule has 0 aliphatic heterocycles. The fourth-order valence-corrected chi connectivity index (χ4v) is 9.18. The van der Waals surface area contributed by atoms with Crippen LogP contribution in [0, 0.1) is 0 Å². The van der Waals surface area contributed by atoms with Crippen molar-refractivity contribution in [3.8, 4) is 22.3 Å². The van der Waals surface area contributed by atoms with Crippen LogP contribution >= 0.6 is 0 Å². The zero-order chi connectivity index (χ0) is 37.7. The molecule has 0 radical (unpaired) electrons. The second-order valence-corrected chi connectivity index (χ2v) is 15.2. The van der Waals surface area contributed by atoms with Crippen LogP contribution in [0.4, 0.5) is 17.1 Å². The third-order valence-corrected chi connectivity index (χ3v) is 11.9. The van der Waals surface area contributed by atoms with E-state index in [4.69, 9.17) is 0 Å². The van der Waals surface area contributed by atoms with Gasteiger partial charge in [0.25, 0.3) is 0 Å². The topological polar surface area (TPSA) is 3.24 Å². The molecular formula is C56H39N. The van der Waals surface area contributed by atoms with Gasteiger partial charge in [-0.1, -0.05) is 158 Å². The number of para-hydroxylation sites is 1. The van der Waals surface area contributed by atoms with Crippen LogP contribution in [0.25, 0.3) is 70.9 Å². The molecule has 0 heterocycles. The van der Waals surface area contributed by atoms with E-state index < -0.39 is 0 Å². The predicted molar refractivity (Wildman–Crippen MR) is 244 cm³/mol. The molecule has 0 N–H and O–H groups in total. The van der Waals surface area contributed by atoms with Gasteiger partial charge < -0.3 is 4.90 Å². The number of anilines is 3. The van der Waals surface area contributed by atoms with E-state index in [2.05, 4.69) is 217 Å². The quantitative estimate of drug-likeness (QED) is 0.154. The van der Waals surface area contributed by atoms with Crippen LogP contribution in [0.1, 0.15) is 23.1 Å². The van der Waals surface area contributed by atoms with E-state index in [9.17, 15) is 0 Å². The summed E-state index contributed by atoms with van der Waals surface area (Å²) in [6.07, 6.45) is 4.61. The Morgan fingerprint density at radius 3 is 1.65 bits per heavy atom. The molecule has 0 bridgehead atoms. The number of hydrogen-bond acceptors (Lipinski definition) is 1. The van der Waals surface area contributed by atoms with Gasteiger partial charge in [-0.15, -0.1) is 0 Å². The van der Waals surface area contributed by atoms with Crippen molar-refractivity contribution in [3.63, 3.8) is 0 Å². The van der Waals surface area contributed by atoms with E-state index in [1.807, 2.05) is 0 Å². The third-order valence-electron chi connectivity index (χ3n) is 11.9. The summed E-state index contributed by atoms with van der Waals surface area (Å²) in [4.78, 5) is 2.35. The van der Waals surface area contributed by atoms with Crippen LogP contribution in [0.5, 0.6) is 0 Å². The van der Waals surface area contributed by atoms with Crippen molar-refractivity contribution in [3.05, 3.63) is 229 Å². The van der Waals surface area contributed by atoms with Gasteiger partial charge in [-0.05, 0) is 155 Å². The Morgan fingerprint density at radius 1 is 0.333 bits per heavy atom. The molecule has 10 aromatic rings. The number of rotatable bonds is 6. The standard InChI is InChI=1S/C56H39N/c1-3-14-38(15-4-1)39-28-31-46(32-29-39)57(45-18-5-2-6-19-45)47-33-30-41-34-43(27-26-42(41)35-47)54-36-44-37-55(49-25-13-17-40-16-7-8-20-48(40)49)51-22-10-12-24-53(51)56(44)52-23-11-9-21-50(52)54/h1-12,14-16,18-37H,13,17H2. The van der Waals surface area contributed by atoms with Crippen LogP contribution in [0.3, 0.4) is 0 Å². The number of nitrogens with zero attached hydrogens (tertiary/aromatic N) is 1. The van der Waals surface area contributed by atoms with Gasteiger partial charge in [-0.25, -0.2) is 0 Å². The third kappa shape index (κ3) is 5.79. The largest absolute Gasteiger partial charge is 0.310 e. The number of hydrogen-bond donors (Lipinski definition) is 0. The summed E-state index contributed by atoms with van der Waals surface area (Å²) in [5, 5.41) is 10.2. The number of allylic oxidation sites excluding steroid dienone is 1. The molecule has 0 saturated carbocycles. The molecule has 0 fully saturated rings. The van der Waals surface area contributed by atoms with Crippen LogP contribution in [0.15, 0.2) is 212 Å². The summed E-state index contributed by atoms with van der Waals surface area (Å²) in [5.74, 6) is 0. The lowest BCUT2D eigenvalue weighted by molar-refractivity contribution is 0.978. The van der Waals surface area contributed by atoms with Gasteiger partial charge in [0, 0.05) is 17.1 Å². The predicted octanol–water partition coefficient (Wildman–Crippen LogP) is 15.5. The molecule has 1 aliphatic rings. The highest BCUT2D eigenvalue weighted by molar-refractivity contribution is 6.25. The lowest BCUT2D eigenvalue weighted by Crippen LogP contribution is -2.09. The SMILES string of the molecule is C1=C(c2cc3cc(-c4ccc5cc(N(c6ccccc6)c6ccc(-c7ccccc7)cc6)ccc5c4)c4ccccc4c3c3ccccc23)c2ccccc2CC1. The fraction of sp³-hybridized carbons (Fsp3) is 0.0357. The van der Waals surface area contributed by atoms with E-state index in [1.165, 1.54) is 87.6 Å². The van der Waals surface area contributed by atoms with Crippen molar-refractivity contribution in [1.82, 2.24) is 0 Å². The minimum Gasteiger partial charge on any atom is -0.310 e. The molecule has 10 aromatic carbocycles. The van der Waals surface area contributed by atoms with E-state index >= 15 is 0 Å². The number of benzene rings is 10. The maximum Gasteiger partial charge on any atom is 0.0468 e. The number of aryl methyl sites for hydroxylation is 1. The molecule has 0 spiro atoms. The van der Waals surface area contributed by atoms with Gasteiger partial charge >= 0.3 is 0 Å². The smallest absolute Gasteiger partial charge is 0.0468 e. The molecule has 1 aliphatic carbocycles. The highest BCUT2D eigenvalue weighted by Crippen LogP contribution is 2.44. The summed E-state index contributed by atoms with van der Waals surface area (Å²) >= 11 is 0. The van der Waals surface area contributed by atoms with Crippen molar-refractivity contribution in [2.24, 2.45) is 0 Å². The molecule has 11 rings (SSSR count). The Hall–Kier alpha value is -7.22. The summed E-state index contributed by atoms with van der Waals surface area (Å²) in [7, 11) is 0. The van der Waals surface area contributed by atoms with Crippen molar-refractivity contribution in [1.29, 1.82) is 0 Å². The Bertz CT molecular complexity index is 3160. The van der Waals surface area contributed by atoms with Gasteiger partial charge in [0.1, 0.15) is 0 Å². The zero-order valence-electron chi connectivity index (χ0n) is 31.6. The average Bonchev–Trinajstić information content (AvgIpc) is 3.29. The highest BCUT2D eigenvalue weighted by atomic mass is 15.1. The Labute approximate surface area is 333 Å². The van der Waals surface area contributed by atoms with Crippen LogP contribution in [-0.2, 0) is 6.42 Å². The van der Waals surface area contributed by atoms with Crippen LogP contribution in [0.2, 0.25) is 0 Å².